The fraction of sp³-hybridized carbons (Fsp3) is 0.417. The normalized spacial score (nSPS) is 13.6. The van der Waals surface area contributed by atoms with Gasteiger partial charge in [-0.05, 0) is 24.6 Å². The van der Waals surface area contributed by atoms with Crippen LogP contribution >= 0.6 is 0 Å². The summed E-state index contributed by atoms with van der Waals surface area (Å²) in [5.74, 6) is -1.74. The Labute approximate surface area is 95.5 Å². The molecule has 1 aromatic rings. The minimum atomic E-state index is -1.77. The predicted octanol–water partition coefficient (Wildman–Crippen LogP) is 3.51. The van der Waals surface area contributed by atoms with Crippen molar-refractivity contribution in [2.45, 2.75) is 32.1 Å². The molecule has 0 radical (unpaired) electrons. The molecular formula is C12H16F2OSi. The molecule has 0 N–H and O–H groups in total. The number of hydrogen-bond acceptors (Lipinski definition) is 1. The molecule has 1 aromatic carbocycles. The van der Waals surface area contributed by atoms with Crippen LogP contribution in [0.5, 0.6) is 0 Å². The summed E-state index contributed by atoms with van der Waals surface area (Å²) in [6.07, 6.45) is 0. The van der Waals surface area contributed by atoms with Crippen molar-refractivity contribution in [3.63, 3.8) is 0 Å². The molecule has 0 aliphatic carbocycles. The molecule has 4 heteroatoms. The van der Waals surface area contributed by atoms with Gasteiger partial charge in [0, 0.05) is 5.54 Å². The number of Topliss-reactive ketones (excluding diaryl/α,β-unsaturated/α-hetero) is 1. The molecule has 0 saturated heterocycles. The predicted molar refractivity (Wildman–Crippen MR) is 63.1 cm³/mol. The molecule has 1 unspecified atom stereocenters. The Hall–Kier alpha value is -1.03. The quantitative estimate of drug-likeness (QED) is 0.741. The second-order valence-electron chi connectivity index (χ2n) is 5.08. The molecule has 0 aliphatic rings. The van der Waals surface area contributed by atoms with Crippen LogP contribution in [0.1, 0.15) is 18.0 Å². The highest BCUT2D eigenvalue weighted by Gasteiger charge is 2.32. The van der Waals surface area contributed by atoms with E-state index >= 15 is 0 Å². The second-order valence-corrected chi connectivity index (χ2v) is 10.4. The Morgan fingerprint density at radius 1 is 1.19 bits per heavy atom. The first-order valence-electron chi connectivity index (χ1n) is 5.19. The van der Waals surface area contributed by atoms with Gasteiger partial charge < -0.3 is 0 Å². The maximum absolute atomic E-state index is 13.1. The number of hydrogen-bond donors (Lipinski definition) is 0. The van der Waals surface area contributed by atoms with Crippen LogP contribution in [0.25, 0.3) is 0 Å². The number of ketones is 1. The molecule has 0 amide bonds. The van der Waals surface area contributed by atoms with Gasteiger partial charge in [0.05, 0.1) is 8.07 Å². The Morgan fingerprint density at radius 3 is 2.12 bits per heavy atom. The molecule has 0 bridgehead atoms. The summed E-state index contributed by atoms with van der Waals surface area (Å²) in [6, 6.07) is 3.73. The molecule has 88 valence electrons. The monoisotopic (exact) mass is 242 g/mol. The van der Waals surface area contributed by atoms with Crippen LogP contribution in [-0.4, -0.2) is 13.9 Å². The van der Waals surface area contributed by atoms with Crippen LogP contribution in [0.3, 0.4) is 0 Å². The zero-order chi connectivity index (χ0) is 12.5. The van der Waals surface area contributed by atoms with Gasteiger partial charge in [-0.3, -0.25) is 4.79 Å². The van der Waals surface area contributed by atoms with E-state index in [2.05, 4.69) is 0 Å². The fourth-order valence-electron chi connectivity index (χ4n) is 2.04. The molecule has 0 spiro atoms. The minimum Gasteiger partial charge on any atom is -0.300 e. The third-order valence-electron chi connectivity index (χ3n) is 2.55. The standard InChI is InChI=1S/C12H16F2OSi/c1-8(15)12(16(2,3)4)9-5-6-10(13)11(14)7-9/h5-7,12H,1-4H3. The second kappa shape index (κ2) is 4.45. The van der Waals surface area contributed by atoms with E-state index in [9.17, 15) is 13.6 Å². The lowest BCUT2D eigenvalue weighted by molar-refractivity contribution is -0.116. The summed E-state index contributed by atoms with van der Waals surface area (Å²) < 4.78 is 25.9. The smallest absolute Gasteiger partial charge is 0.159 e. The van der Waals surface area contributed by atoms with Crippen LogP contribution in [0.4, 0.5) is 8.78 Å². The third kappa shape index (κ3) is 2.75. The van der Waals surface area contributed by atoms with Crippen LogP contribution in [0, 0.1) is 11.6 Å². The van der Waals surface area contributed by atoms with Crippen molar-refractivity contribution in [3.8, 4) is 0 Å². The largest absolute Gasteiger partial charge is 0.300 e. The molecule has 1 nitrogen and oxygen atoms in total. The maximum atomic E-state index is 13.1. The lowest BCUT2D eigenvalue weighted by Gasteiger charge is -2.27. The van der Waals surface area contributed by atoms with Crippen molar-refractivity contribution < 1.29 is 13.6 Å². The summed E-state index contributed by atoms with van der Waals surface area (Å²) in [7, 11) is -1.77. The van der Waals surface area contributed by atoms with Crippen molar-refractivity contribution in [1.82, 2.24) is 0 Å². The van der Waals surface area contributed by atoms with Crippen LogP contribution in [-0.2, 0) is 4.79 Å². The van der Waals surface area contributed by atoms with E-state index in [1.165, 1.54) is 13.0 Å². The lowest BCUT2D eigenvalue weighted by atomic mass is 10.1. The number of halogens is 2. The van der Waals surface area contributed by atoms with E-state index in [0.29, 0.717) is 5.56 Å². The SMILES string of the molecule is CC(=O)C(c1ccc(F)c(F)c1)[Si](C)(C)C. The Balaban J connectivity index is 3.22. The van der Waals surface area contributed by atoms with Gasteiger partial charge in [0.2, 0.25) is 0 Å². The minimum absolute atomic E-state index is 0.0187. The summed E-state index contributed by atoms with van der Waals surface area (Å²) in [5.41, 5.74) is 0.313. The molecule has 0 saturated carbocycles. The van der Waals surface area contributed by atoms with Gasteiger partial charge in [-0.25, -0.2) is 8.78 Å². The van der Waals surface area contributed by atoms with Gasteiger partial charge >= 0.3 is 0 Å². The topological polar surface area (TPSA) is 17.1 Å². The highest BCUT2D eigenvalue weighted by Crippen LogP contribution is 2.28. The number of benzene rings is 1. The van der Waals surface area contributed by atoms with Crippen molar-refractivity contribution in [2.75, 3.05) is 0 Å². The Kier molecular flexibility index (Phi) is 3.63. The molecule has 0 aliphatic heterocycles. The summed E-state index contributed by atoms with van der Waals surface area (Å²) in [6.45, 7) is 7.63. The molecule has 0 fully saturated rings. The molecule has 1 rings (SSSR count). The van der Waals surface area contributed by atoms with Gasteiger partial charge in [-0.15, -0.1) is 0 Å². The highest BCUT2D eigenvalue weighted by molar-refractivity contribution is 6.80. The summed E-state index contributed by atoms with van der Waals surface area (Å²) in [5, 5.41) is 0. The van der Waals surface area contributed by atoms with Crippen molar-refractivity contribution in [3.05, 3.63) is 35.4 Å². The molecule has 0 aromatic heterocycles. The van der Waals surface area contributed by atoms with E-state index in [4.69, 9.17) is 0 Å². The third-order valence-corrected chi connectivity index (χ3v) is 5.02. The van der Waals surface area contributed by atoms with E-state index in [1.54, 1.807) is 0 Å². The zero-order valence-electron chi connectivity index (χ0n) is 9.97. The van der Waals surface area contributed by atoms with Gasteiger partial charge in [-0.1, -0.05) is 25.7 Å². The Morgan fingerprint density at radius 2 is 1.75 bits per heavy atom. The van der Waals surface area contributed by atoms with Gasteiger partial charge in [0.25, 0.3) is 0 Å². The maximum Gasteiger partial charge on any atom is 0.159 e. The van der Waals surface area contributed by atoms with E-state index in [-0.39, 0.29) is 11.3 Å². The van der Waals surface area contributed by atoms with Gasteiger partial charge in [0.1, 0.15) is 5.78 Å². The molecule has 0 heterocycles. The zero-order valence-corrected chi connectivity index (χ0v) is 11.0. The first-order chi connectivity index (χ1) is 7.23. The fourth-order valence-corrected chi connectivity index (χ4v) is 4.44. The first kappa shape index (κ1) is 13.0. The lowest BCUT2D eigenvalue weighted by Crippen LogP contribution is -2.35. The highest BCUT2D eigenvalue weighted by atomic mass is 28.3. The van der Waals surface area contributed by atoms with Crippen molar-refractivity contribution >= 4 is 13.9 Å². The van der Waals surface area contributed by atoms with Crippen molar-refractivity contribution in [2.24, 2.45) is 0 Å². The molecular weight excluding hydrogens is 226 g/mol. The van der Waals surface area contributed by atoms with Crippen molar-refractivity contribution in [1.29, 1.82) is 0 Å². The average Bonchev–Trinajstić information content (AvgIpc) is 2.08. The van der Waals surface area contributed by atoms with Crippen LogP contribution in [0.15, 0.2) is 18.2 Å². The average molecular weight is 242 g/mol. The van der Waals surface area contributed by atoms with E-state index in [0.717, 1.165) is 12.1 Å². The van der Waals surface area contributed by atoms with Crippen LogP contribution < -0.4 is 0 Å². The number of carbonyl (C=O) groups is 1. The molecule has 1 atom stereocenters. The first-order valence-corrected chi connectivity index (χ1v) is 8.76. The van der Waals surface area contributed by atoms with Gasteiger partial charge in [-0.2, -0.15) is 0 Å². The van der Waals surface area contributed by atoms with E-state index in [1.807, 2.05) is 19.6 Å². The van der Waals surface area contributed by atoms with Gasteiger partial charge in [0.15, 0.2) is 11.6 Å². The summed E-state index contributed by atoms with van der Waals surface area (Å²) in [4.78, 5) is 11.6. The number of carbonyl (C=O) groups excluding carboxylic acids is 1. The number of rotatable bonds is 3. The summed E-state index contributed by atoms with van der Waals surface area (Å²) >= 11 is 0. The Bertz CT molecular complexity index is 410. The van der Waals surface area contributed by atoms with E-state index < -0.39 is 19.7 Å². The molecule has 16 heavy (non-hydrogen) atoms. The van der Waals surface area contributed by atoms with Crippen LogP contribution in [0.2, 0.25) is 19.6 Å².